The number of nitrogens with zero attached hydrogens (tertiary/aromatic N) is 5. The lowest BCUT2D eigenvalue weighted by Crippen LogP contribution is -2.47. The number of imide groups is 1. The van der Waals surface area contributed by atoms with Gasteiger partial charge in [0.25, 0.3) is 11.8 Å². The van der Waals surface area contributed by atoms with Crippen LogP contribution >= 0.6 is 23.2 Å². The average Bonchev–Trinajstić information content (AvgIpc) is 3.92. The molecule has 0 bridgehead atoms. The third-order valence-electron chi connectivity index (χ3n) is 9.59. The Balaban J connectivity index is 1.22. The van der Waals surface area contributed by atoms with Gasteiger partial charge in [0.2, 0.25) is 10.0 Å². The van der Waals surface area contributed by atoms with E-state index < -0.39 is 47.1 Å². The van der Waals surface area contributed by atoms with Crippen LogP contribution in [0.1, 0.15) is 50.8 Å². The van der Waals surface area contributed by atoms with Gasteiger partial charge in [-0.05, 0) is 61.7 Å². The number of amides is 2. The lowest BCUT2D eigenvalue weighted by Gasteiger charge is -2.34. The van der Waals surface area contributed by atoms with E-state index in [-0.39, 0.29) is 75.0 Å². The Bertz CT molecular complexity index is 2040. The largest absolute Gasteiger partial charge is 0.619 e. The van der Waals surface area contributed by atoms with Crippen LogP contribution in [0.5, 0.6) is 11.5 Å². The van der Waals surface area contributed by atoms with Gasteiger partial charge >= 0.3 is 12.6 Å². The minimum atomic E-state index is -3.78. The molecule has 3 heterocycles. The molecule has 1 saturated heterocycles. The molecular weight excluding hydrogens is 787 g/mol. The average molecular weight is 827 g/mol. The minimum absolute atomic E-state index is 0.0218. The molecule has 55 heavy (non-hydrogen) atoms. The number of ether oxygens (including phenoxy) is 3. The Morgan fingerprint density at radius 1 is 1.00 bits per heavy atom. The number of fused-ring (bicyclic) bond motifs is 1. The van der Waals surface area contributed by atoms with Crippen LogP contribution in [0.2, 0.25) is 10.0 Å². The predicted molar refractivity (Wildman–Crippen MR) is 197 cm³/mol. The standard InChI is InChI=1S/C36H39Cl2F2N5O9S/c1-41-9-11-42(12-10-41)13-14-45(55(2,50)51)24-6-7-25-26(16-24)35(48)44(34(25)47)20-33(46)53-31(17-27-28(37)18-43(49)19-29(27)38)23-5-8-30(54-36(39)40)32(15-23)52-21-22-3-4-22/h5-8,15-16,18-19,22,31,36H,3-4,9-14,17,20-21H2,1-2H3. The van der Waals surface area contributed by atoms with Crippen LogP contribution in [0, 0.1) is 11.1 Å². The number of piperazine rings is 1. The highest BCUT2D eigenvalue weighted by atomic mass is 35.5. The molecule has 1 unspecified atom stereocenters. The van der Waals surface area contributed by atoms with Crippen molar-refractivity contribution in [2.24, 2.45) is 5.92 Å². The third kappa shape index (κ3) is 9.94. The molecule has 1 atom stereocenters. The molecule has 0 spiro atoms. The lowest BCUT2D eigenvalue weighted by atomic mass is 10.0. The molecule has 19 heteroatoms. The molecule has 1 saturated carbocycles. The number of likely N-dealkylation sites (N-methyl/N-ethyl adjacent to an activating group) is 1. The summed E-state index contributed by atoms with van der Waals surface area (Å²) in [5.41, 5.74) is 0.553. The first-order valence-electron chi connectivity index (χ1n) is 17.4. The highest BCUT2D eigenvalue weighted by Crippen LogP contribution is 2.38. The van der Waals surface area contributed by atoms with E-state index in [1.807, 2.05) is 7.05 Å². The molecule has 2 aromatic carbocycles. The third-order valence-corrected chi connectivity index (χ3v) is 11.4. The van der Waals surface area contributed by atoms with Gasteiger partial charge in [-0.15, -0.1) is 0 Å². The molecule has 3 aromatic rings. The van der Waals surface area contributed by atoms with Crippen molar-refractivity contribution in [3.63, 3.8) is 0 Å². The minimum Gasteiger partial charge on any atom is -0.619 e. The number of esters is 1. The Morgan fingerprint density at radius 2 is 1.67 bits per heavy atom. The molecule has 3 aliphatic rings. The van der Waals surface area contributed by atoms with Gasteiger partial charge in [0.05, 0.1) is 29.7 Å². The summed E-state index contributed by atoms with van der Waals surface area (Å²) in [6.07, 6.45) is 3.56. The highest BCUT2D eigenvalue weighted by Gasteiger charge is 2.39. The number of pyridine rings is 1. The lowest BCUT2D eigenvalue weighted by molar-refractivity contribution is -0.605. The zero-order chi connectivity index (χ0) is 39.6. The predicted octanol–water partition coefficient (Wildman–Crippen LogP) is 4.15. The normalized spacial score (nSPS) is 17.0. The molecule has 0 radical (unpaired) electrons. The van der Waals surface area contributed by atoms with E-state index in [0.717, 1.165) is 57.7 Å². The van der Waals surface area contributed by atoms with Crippen LogP contribution < -0.4 is 18.5 Å². The van der Waals surface area contributed by atoms with Crippen molar-refractivity contribution in [2.45, 2.75) is 32.0 Å². The van der Waals surface area contributed by atoms with Gasteiger partial charge < -0.3 is 24.3 Å². The van der Waals surface area contributed by atoms with Crippen molar-refractivity contribution < 1.29 is 50.5 Å². The van der Waals surface area contributed by atoms with Gasteiger partial charge in [-0.3, -0.25) is 28.5 Å². The second-order valence-corrected chi connectivity index (χ2v) is 16.4. The molecule has 0 N–H and O–H groups in total. The van der Waals surface area contributed by atoms with E-state index in [4.69, 9.17) is 32.7 Å². The second kappa shape index (κ2) is 16.8. The van der Waals surface area contributed by atoms with Gasteiger partial charge in [0.15, 0.2) is 23.9 Å². The van der Waals surface area contributed by atoms with Crippen molar-refractivity contribution in [3.05, 3.63) is 86.3 Å². The number of hydrogen-bond acceptors (Lipinski definition) is 11. The van der Waals surface area contributed by atoms with Gasteiger partial charge in [0, 0.05) is 51.3 Å². The van der Waals surface area contributed by atoms with Crippen LogP contribution in [-0.4, -0.2) is 113 Å². The van der Waals surface area contributed by atoms with Crippen LogP contribution in [0.25, 0.3) is 0 Å². The van der Waals surface area contributed by atoms with Gasteiger partial charge in [-0.2, -0.15) is 13.5 Å². The molecule has 2 fully saturated rings. The maximum Gasteiger partial charge on any atom is 0.387 e. The second-order valence-electron chi connectivity index (χ2n) is 13.7. The number of carbonyl (C=O) groups excluding carboxylic acids is 3. The zero-order valence-electron chi connectivity index (χ0n) is 30.0. The van der Waals surface area contributed by atoms with E-state index in [2.05, 4.69) is 14.5 Å². The molecular formula is C36H39Cl2F2N5O9S. The van der Waals surface area contributed by atoms with Crippen molar-refractivity contribution >= 4 is 56.7 Å². The number of sulfonamides is 1. The van der Waals surface area contributed by atoms with Gasteiger partial charge in [-0.1, -0.05) is 29.3 Å². The maximum absolute atomic E-state index is 13.6. The monoisotopic (exact) mass is 825 g/mol. The van der Waals surface area contributed by atoms with Gasteiger partial charge in [-0.25, -0.2) is 8.42 Å². The molecule has 6 rings (SSSR count). The number of hydrogen-bond donors (Lipinski definition) is 0. The van der Waals surface area contributed by atoms with E-state index in [1.165, 1.54) is 40.7 Å². The number of halogens is 4. The number of carbonyl (C=O) groups is 3. The van der Waals surface area contributed by atoms with Crippen LogP contribution in [0.3, 0.4) is 0 Å². The highest BCUT2D eigenvalue weighted by molar-refractivity contribution is 7.92. The SMILES string of the molecule is CN1CCN(CCN(c2ccc3c(c2)C(=O)N(CC(=O)OC(Cc2c(Cl)c[n+]([O-])cc2Cl)c2ccc(OC(F)F)c(OCC4CC4)c2)C3=O)S(C)(=O)=O)CC1. The van der Waals surface area contributed by atoms with E-state index in [1.54, 1.807) is 0 Å². The number of aromatic nitrogens is 1. The molecule has 2 amide bonds. The van der Waals surface area contributed by atoms with Crippen molar-refractivity contribution in [1.29, 1.82) is 0 Å². The summed E-state index contributed by atoms with van der Waals surface area (Å²) in [7, 11) is -1.76. The van der Waals surface area contributed by atoms with E-state index in [9.17, 15) is 36.8 Å². The quantitative estimate of drug-likeness (QED) is 0.0887. The Kier molecular flexibility index (Phi) is 12.4. The van der Waals surface area contributed by atoms with Crippen LogP contribution in [-0.2, 0) is 26.0 Å². The first-order valence-corrected chi connectivity index (χ1v) is 20.0. The van der Waals surface area contributed by atoms with Crippen molar-refractivity contribution in [1.82, 2.24) is 14.7 Å². The molecule has 14 nitrogen and oxygen atoms in total. The van der Waals surface area contributed by atoms with Crippen molar-refractivity contribution in [2.75, 3.05) is 70.0 Å². The zero-order valence-corrected chi connectivity index (χ0v) is 32.3. The Morgan fingerprint density at radius 3 is 2.31 bits per heavy atom. The Hall–Kier alpha value is -4.29. The first kappa shape index (κ1) is 40.4. The summed E-state index contributed by atoms with van der Waals surface area (Å²) in [5.74, 6) is -2.67. The fourth-order valence-electron chi connectivity index (χ4n) is 6.35. The molecule has 2 aliphatic heterocycles. The van der Waals surface area contributed by atoms with Crippen molar-refractivity contribution in [3.8, 4) is 11.5 Å². The van der Waals surface area contributed by atoms with Gasteiger partial charge in [0.1, 0.15) is 22.7 Å². The number of anilines is 1. The summed E-state index contributed by atoms with van der Waals surface area (Å²) < 4.78 is 70.1. The maximum atomic E-state index is 13.6. The molecule has 1 aliphatic carbocycles. The topological polar surface area (TPSA) is 153 Å². The fraction of sp³-hybridized carbons (Fsp3) is 0.444. The summed E-state index contributed by atoms with van der Waals surface area (Å²) in [5, 5.41) is 11.8. The van der Waals surface area contributed by atoms with Crippen LogP contribution in [0.15, 0.2) is 48.8 Å². The van der Waals surface area contributed by atoms with Crippen LogP contribution in [0.4, 0.5) is 14.5 Å². The molecule has 296 valence electrons. The first-order chi connectivity index (χ1) is 26.1. The fourth-order valence-corrected chi connectivity index (χ4v) is 7.86. The number of alkyl halides is 2. The Labute approximate surface area is 326 Å². The number of rotatable bonds is 16. The number of benzene rings is 2. The van der Waals surface area contributed by atoms with E-state index in [0.29, 0.717) is 16.2 Å². The summed E-state index contributed by atoms with van der Waals surface area (Å²) in [6, 6.07) is 8.09. The summed E-state index contributed by atoms with van der Waals surface area (Å²) in [4.78, 5) is 45.7. The summed E-state index contributed by atoms with van der Waals surface area (Å²) >= 11 is 12.7. The smallest absolute Gasteiger partial charge is 0.387 e. The summed E-state index contributed by atoms with van der Waals surface area (Å²) in [6.45, 7) is 0.0912. The molecule has 1 aromatic heterocycles. The van der Waals surface area contributed by atoms with E-state index >= 15 is 0 Å².